The second kappa shape index (κ2) is 9.11. The van der Waals surface area contributed by atoms with Crippen LogP contribution in [0.3, 0.4) is 0 Å². The van der Waals surface area contributed by atoms with Crippen LogP contribution < -0.4 is 10.6 Å². The van der Waals surface area contributed by atoms with Gasteiger partial charge in [0.15, 0.2) is 0 Å². The molecular formula is C17H26ClN3O2. The maximum atomic E-state index is 12.0. The molecule has 0 bridgehead atoms. The highest BCUT2D eigenvalue weighted by molar-refractivity contribution is 6.30. The van der Waals surface area contributed by atoms with Crippen LogP contribution in [-0.2, 0) is 11.3 Å². The maximum absolute atomic E-state index is 12.0. The van der Waals surface area contributed by atoms with E-state index < -0.39 is 0 Å². The number of benzene rings is 1. The highest BCUT2D eigenvalue weighted by atomic mass is 35.5. The third-order valence-electron chi connectivity index (χ3n) is 4.10. The number of ether oxygens (including phenoxy) is 1. The fourth-order valence-electron chi connectivity index (χ4n) is 2.78. The summed E-state index contributed by atoms with van der Waals surface area (Å²) in [6.07, 6.45) is 0. The van der Waals surface area contributed by atoms with Gasteiger partial charge >= 0.3 is 6.03 Å². The molecule has 0 radical (unpaired) electrons. The molecule has 5 nitrogen and oxygen atoms in total. The monoisotopic (exact) mass is 339 g/mol. The minimum atomic E-state index is -0.149. The summed E-state index contributed by atoms with van der Waals surface area (Å²) in [4.78, 5) is 14.4. The van der Waals surface area contributed by atoms with E-state index in [0.29, 0.717) is 30.1 Å². The fraction of sp³-hybridized carbons (Fsp3) is 0.588. The standard InChI is InChI=1S/C17H26ClN3O2/c1-13(2)16(21-6-8-23-9-7-21)12-20-17(22)19-11-14-4-3-5-15(18)10-14/h3-5,10,13,16H,6-9,11-12H2,1-2H3,(H2,19,20,22). The number of hydrogen-bond donors (Lipinski definition) is 2. The van der Waals surface area contributed by atoms with E-state index in [-0.39, 0.29) is 6.03 Å². The van der Waals surface area contributed by atoms with Crippen molar-refractivity contribution in [2.24, 2.45) is 5.92 Å². The topological polar surface area (TPSA) is 53.6 Å². The molecule has 2 amide bonds. The summed E-state index contributed by atoms with van der Waals surface area (Å²) >= 11 is 5.94. The van der Waals surface area contributed by atoms with Crippen LogP contribution in [0.25, 0.3) is 0 Å². The van der Waals surface area contributed by atoms with E-state index in [2.05, 4.69) is 29.4 Å². The summed E-state index contributed by atoms with van der Waals surface area (Å²) in [5.74, 6) is 0.473. The summed E-state index contributed by atoms with van der Waals surface area (Å²) in [5, 5.41) is 6.53. The molecule has 1 saturated heterocycles. The van der Waals surface area contributed by atoms with Gasteiger partial charge in [0.25, 0.3) is 0 Å². The molecule has 23 heavy (non-hydrogen) atoms. The Kier molecular flexibility index (Phi) is 7.15. The molecule has 1 aliphatic rings. The Labute approximate surface area is 143 Å². The highest BCUT2D eigenvalue weighted by Gasteiger charge is 2.24. The minimum absolute atomic E-state index is 0.149. The Balaban J connectivity index is 1.77. The van der Waals surface area contributed by atoms with Crippen molar-refractivity contribution in [1.29, 1.82) is 0 Å². The normalized spacial score (nSPS) is 17.0. The van der Waals surface area contributed by atoms with Gasteiger partial charge in [0.2, 0.25) is 0 Å². The van der Waals surface area contributed by atoms with Crippen LogP contribution in [0.2, 0.25) is 5.02 Å². The van der Waals surface area contributed by atoms with E-state index in [4.69, 9.17) is 16.3 Å². The lowest BCUT2D eigenvalue weighted by atomic mass is 10.0. The van der Waals surface area contributed by atoms with Gasteiger partial charge in [0, 0.05) is 37.2 Å². The summed E-state index contributed by atoms with van der Waals surface area (Å²) in [5.41, 5.74) is 0.987. The van der Waals surface area contributed by atoms with Gasteiger partial charge in [-0.15, -0.1) is 0 Å². The molecule has 1 aromatic carbocycles. The summed E-state index contributed by atoms with van der Waals surface area (Å²) < 4.78 is 5.40. The first kappa shape index (κ1) is 18.0. The molecule has 2 rings (SSSR count). The lowest BCUT2D eigenvalue weighted by molar-refractivity contribution is 0.00719. The van der Waals surface area contributed by atoms with Crippen LogP contribution in [0.4, 0.5) is 4.79 Å². The quantitative estimate of drug-likeness (QED) is 0.837. The molecule has 1 aliphatic heterocycles. The van der Waals surface area contributed by atoms with Gasteiger partial charge in [-0.3, -0.25) is 4.90 Å². The number of nitrogens with one attached hydrogen (secondary N) is 2. The molecule has 0 aromatic heterocycles. The maximum Gasteiger partial charge on any atom is 0.315 e. The van der Waals surface area contributed by atoms with E-state index in [1.807, 2.05) is 24.3 Å². The summed E-state index contributed by atoms with van der Waals surface area (Å²) in [6, 6.07) is 7.67. The Hall–Kier alpha value is -1.30. The third kappa shape index (κ3) is 6.01. The van der Waals surface area contributed by atoms with Crippen LogP contribution in [0, 0.1) is 5.92 Å². The molecule has 1 atom stereocenters. The molecule has 2 N–H and O–H groups in total. The van der Waals surface area contributed by atoms with Crippen molar-refractivity contribution >= 4 is 17.6 Å². The van der Waals surface area contributed by atoms with Crippen molar-refractivity contribution < 1.29 is 9.53 Å². The van der Waals surface area contributed by atoms with E-state index >= 15 is 0 Å². The smallest absolute Gasteiger partial charge is 0.315 e. The molecule has 128 valence electrons. The number of carbonyl (C=O) groups excluding carboxylic acids is 1. The van der Waals surface area contributed by atoms with Crippen LogP contribution in [0.1, 0.15) is 19.4 Å². The van der Waals surface area contributed by atoms with Crippen LogP contribution in [-0.4, -0.2) is 49.8 Å². The lowest BCUT2D eigenvalue weighted by Gasteiger charge is -2.36. The first-order valence-electron chi connectivity index (χ1n) is 8.14. The van der Waals surface area contributed by atoms with E-state index in [1.54, 1.807) is 0 Å². The first-order chi connectivity index (χ1) is 11.1. The fourth-order valence-corrected chi connectivity index (χ4v) is 3.00. The number of nitrogens with zero attached hydrogens (tertiary/aromatic N) is 1. The number of hydrogen-bond acceptors (Lipinski definition) is 3. The SMILES string of the molecule is CC(C)C(CNC(=O)NCc1cccc(Cl)c1)N1CCOCC1. The first-order valence-corrected chi connectivity index (χ1v) is 8.52. The van der Waals surface area contributed by atoms with E-state index in [1.165, 1.54) is 0 Å². The van der Waals surface area contributed by atoms with E-state index in [9.17, 15) is 4.79 Å². The van der Waals surface area contributed by atoms with E-state index in [0.717, 1.165) is 31.9 Å². The third-order valence-corrected chi connectivity index (χ3v) is 4.33. The van der Waals surface area contributed by atoms with Crippen molar-refractivity contribution in [2.75, 3.05) is 32.8 Å². The van der Waals surface area contributed by atoms with Crippen molar-refractivity contribution in [3.63, 3.8) is 0 Å². The van der Waals surface area contributed by atoms with Gasteiger partial charge in [-0.2, -0.15) is 0 Å². The van der Waals surface area contributed by atoms with Gasteiger partial charge in [-0.05, 0) is 23.6 Å². The average Bonchev–Trinajstić information content (AvgIpc) is 2.54. The molecule has 0 saturated carbocycles. The van der Waals surface area contributed by atoms with Crippen molar-refractivity contribution in [3.8, 4) is 0 Å². The van der Waals surface area contributed by atoms with Crippen molar-refractivity contribution in [3.05, 3.63) is 34.9 Å². The molecule has 1 aromatic rings. The second-order valence-electron chi connectivity index (χ2n) is 6.15. The number of carbonyl (C=O) groups is 1. The van der Waals surface area contributed by atoms with Gasteiger partial charge in [-0.25, -0.2) is 4.79 Å². The number of morpholine rings is 1. The molecule has 1 fully saturated rings. The zero-order valence-corrected chi connectivity index (χ0v) is 14.6. The van der Waals surface area contributed by atoms with Gasteiger partial charge in [0.05, 0.1) is 13.2 Å². The van der Waals surface area contributed by atoms with Gasteiger partial charge < -0.3 is 15.4 Å². The molecular weight excluding hydrogens is 314 g/mol. The van der Waals surface area contributed by atoms with Gasteiger partial charge in [0.1, 0.15) is 0 Å². The summed E-state index contributed by atoms with van der Waals surface area (Å²) in [7, 11) is 0. The van der Waals surface area contributed by atoms with Crippen molar-refractivity contribution in [2.45, 2.75) is 26.4 Å². The largest absolute Gasteiger partial charge is 0.379 e. The highest BCUT2D eigenvalue weighted by Crippen LogP contribution is 2.12. The minimum Gasteiger partial charge on any atom is -0.379 e. The van der Waals surface area contributed by atoms with Crippen LogP contribution in [0.15, 0.2) is 24.3 Å². The summed E-state index contributed by atoms with van der Waals surface area (Å²) in [6.45, 7) is 8.87. The molecule has 1 unspecified atom stereocenters. The Bertz CT molecular complexity index is 504. The van der Waals surface area contributed by atoms with Gasteiger partial charge in [-0.1, -0.05) is 37.6 Å². The van der Waals surface area contributed by atoms with Crippen molar-refractivity contribution in [1.82, 2.24) is 15.5 Å². The number of amides is 2. The van der Waals surface area contributed by atoms with Crippen LogP contribution >= 0.6 is 11.6 Å². The number of rotatable bonds is 6. The number of urea groups is 1. The average molecular weight is 340 g/mol. The Morgan fingerprint density at radius 3 is 2.70 bits per heavy atom. The second-order valence-corrected chi connectivity index (χ2v) is 6.59. The predicted octanol–water partition coefficient (Wildman–Crippen LogP) is 2.50. The molecule has 0 aliphatic carbocycles. The molecule has 0 spiro atoms. The predicted molar refractivity (Wildman–Crippen MR) is 92.7 cm³/mol. The lowest BCUT2D eigenvalue weighted by Crippen LogP contribution is -2.52. The number of halogens is 1. The molecule has 1 heterocycles. The molecule has 6 heteroatoms. The Morgan fingerprint density at radius 2 is 2.04 bits per heavy atom. The zero-order chi connectivity index (χ0) is 16.7. The van der Waals surface area contributed by atoms with Crippen LogP contribution in [0.5, 0.6) is 0 Å². The zero-order valence-electron chi connectivity index (χ0n) is 13.8. The Morgan fingerprint density at radius 1 is 1.30 bits per heavy atom.